The number of halogens is 1. The number of aromatic nitrogens is 2. The van der Waals surface area contributed by atoms with E-state index in [1.807, 2.05) is 47.1 Å². The lowest BCUT2D eigenvalue weighted by molar-refractivity contribution is 0.0528. The van der Waals surface area contributed by atoms with Gasteiger partial charge in [-0.25, -0.2) is 9.78 Å². The molecule has 21 heavy (non-hydrogen) atoms. The molecule has 106 valence electrons. The first-order valence-electron chi connectivity index (χ1n) is 6.60. The zero-order chi connectivity index (χ0) is 14.8. The first kappa shape index (κ1) is 13.8. The minimum absolute atomic E-state index is 0.337. The Hall–Kier alpha value is -2.14. The number of rotatable bonds is 3. The van der Waals surface area contributed by atoms with Crippen LogP contribution in [0.3, 0.4) is 0 Å². The summed E-state index contributed by atoms with van der Waals surface area (Å²) in [7, 11) is 0. The van der Waals surface area contributed by atoms with Gasteiger partial charge in [-0.2, -0.15) is 0 Å². The summed E-state index contributed by atoms with van der Waals surface area (Å²) >= 11 is 3.41. The molecule has 2 heterocycles. The molecule has 0 radical (unpaired) electrons. The van der Waals surface area contributed by atoms with E-state index in [1.54, 1.807) is 13.0 Å². The number of hydrogen-bond donors (Lipinski definition) is 0. The average molecular weight is 345 g/mol. The Morgan fingerprint density at radius 1 is 1.29 bits per heavy atom. The van der Waals surface area contributed by atoms with E-state index in [2.05, 4.69) is 20.9 Å². The van der Waals surface area contributed by atoms with Crippen molar-refractivity contribution in [3.8, 4) is 11.3 Å². The van der Waals surface area contributed by atoms with Crippen molar-refractivity contribution >= 4 is 27.5 Å². The maximum atomic E-state index is 12.1. The van der Waals surface area contributed by atoms with Crippen LogP contribution < -0.4 is 0 Å². The summed E-state index contributed by atoms with van der Waals surface area (Å²) < 4.78 is 7.73. The minimum atomic E-state index is -0.367. The second kappa shape index (κ2) is 5.69. The van der Waals surface area contributed by atoms with Crippen molar-refractivity contribution in [2.45, 2.75) is 6.92 Å². The molecule has 0 saturated heterocycles. The quantitative estimate of drug-likeness (QED) is 0.676. The summed E-state index contributed by atoms with van der Waals surface area (Å²) in [5, 5.41) is 0. The van der Waals surface area contributed by atoms with Crippen molar-refractivity contribution in [3.63, 3.8) is 0 Å². The summed E-state index contributed by atoms with van der Waals surface area (Å²) in [4.78, 5) is 16.6. The number of carbonyl (C=O) groups is 1. The lowest BCUT2D eigenvalue weighted by Crippen LogP contribution is -2.07. The first-order chi connectivity index (χ1) is 10.2. The Bertz CT molecular complexity index is 797. The van der Waals surface area contributed by atoms with E-state index in [4.69, 9.17) is 4.74 Å². The van der Waals surface area contributed by atoms with Crippen molar-refractivity contribution in [1.29, 1.82) is 0 Å². The molecular weight excluding hydrogens is 332 g/mol. The smallest absolute Gasteiger partial charge is 0.341 e. The monoisotopic (exact) mass is 344 g/mol. The van der Waals surface area contributed by atoms with Gasteiger partial charge in [-0.15, -0.1) is 0 Å². The number of imidazole rings is 1. The van der Waals surface area contributed by atoms with Crippen molar-refractivity contribution in [3.05, 3.63) is 58.8 Å². The van der Waals surface area contributed by atoms with Gasteiger partial charge in [-0.05, 0) is 28.9 Å². The van der Waals surface area contributed by atoms with Crippen LogP contribution in [0.2, 0.25) is 0 Å². The van der Waals surface area contributed by atoms with Gasteiger partial charge in [0.25, 0.3) is 0 Å². The summed E-state index contributed by atoms with van der Waals surface area (Å²) in [6.45, 7) is 2.12. The molecule has 0 unspecified atom stereocenters. The summed E-state index contributed by atoms with van der Waals surface area (Å²) in [6.07, 6.45) is 3.77. The molecule has 0 aliphatic rings. The molecule has 0 saturated carbocycles. The normalized spacial score (nSPS) is 10.8. The van der Waals surface area contributed by atoms with Crippen molar-refractivity contribution in [2.24, 2.45) is 0 Å². The van der Waals surface area contributed by atoms with Gasteiger partial charge >= 0.3 is 5.97 Å². The lowest BCUT2D eigenvalue weighted by atomic mass is 10.2. The van der Waals surface area contributed by atoms with Gasteiger partial charge in [0.05, 0.1) is 12.3 Å². The predicted octanol–water partition coefficient (Wildman–Crippen LogP) is 3.94. The van der Waals surface area contributed by atoms with Crippen LogP contribution in [0.25, 0.3) is 16.9 Å². The van der Waals surface area contributed by atoms with Crippen LogP contribution in [-0.2, 0) is 4.74 Å². The number of ether oxygens (including phenoxy) is 1. The molecule has 5 heteroatoms. The van der Waals surface area contributed by atoms with Crippen LogP contribution in [0, 0.1) is 0 Å². The predicted molar refractivity (Wildman–Crippen MR) is 84.3 cm³/mol. The summed E-state index contributed by atoms with van der Waals surface area (Å²) in [5.74, 6) is -0.367. The molecule has 4 nitrogen and oxygen atoms in total. The van der Waals surface area contributed by atoms with E-state index >= 15 is 0 Å². The molecule has 0 aliphatic carbocycles. The summed E-state index contributed by atoms with van der Waals surface area (Å²) in [6, 6.07) is 11.6. The lowest BCUT2D eigenvalue weighted by Gasteiger charge is -2.04. The van der Waals surface area contributed by atoms with Gasteiger partial charge in [0.1, 0.15) is 5.56 Å². The molecule has 3 aromatic rings. The topological polar surface area (TPSA) is 43.6 Å². The first-order valence-corrected chi connectivity index (χ1v) is 7.39. The summed E-state index contributed by atoms with van der Waals surface area (Å²) in [5.41, 5.74) is 2.87. The molecule has 1 aromatic carbocycles. The Morgan fingerprint density at radius 3 is 2.76 bits per heavy atom. The van der Waals surface area contributed by atoms with E-state index < -0.39 is 0 Å². The number of pyridine rings is 1. The van der Waals surface area contributed by atoms with Gasteiger partial charge in [-0.3, -0.25) is 0 Å². The van der Waals surface area contributed by atoms with Gasteiger partial charge in [0.2, 0.25) is 0 Å². The molecule has 0 amide bonds. The number of fused-ring (bicyclic) bond motifs is 1. The number of hydrogen-bond acceptors (Lipinski definition) is 3. The highest BCUT2D eigenvalue weighted by Crippen LogP contribution is 2.23. The Morgan fingerprint density at radius 2 is 2.05 bits per heavy atom. The molecule has 3 rings (SSSR count). The molecule has 0 aliphatic heterocycles. The number of benzene rings is 1. The molecule has 0 N–H and O–H groups in total. The maximum absolute atomic E-state index is 12.1. The third-order valence-electron chi connectivity index (χ3n) is 3.08. The van der Waals surface area contributed by atoms with Crippen LogP contribution in [-0.4, -0.2) is 22.0 Å². The fraction of sp³-hybridized carbons (Fsp3) is 0.125. The van der Waals surface area contributed by atoms with Gasteiger partial charge in [0.15, 0.2) is 5.65 Å². The standard InChI is InChI=1S/C16H13BrN2O2/c1-2-21-16(20)13-8-12(17)9-19-10-14(18-15(13)19)11-6-4-3-5-7-11/h3-10H,2H2,1H3. The largest absolute Gasteiger partial charge is 0.462 e. The van der Waals surface area contributed by atoms with E-state index in [0.29, 0.717) is 17.8 Å². The van der Waals surface area contributed by atoms with Crippen LogP contribution in [0.15, 0.2) is 53.3 Å². The van der Waals surface area contributed by atoms with Crippen LogP contribution in [0.1, 0.15) is 17.3 Å². The number of nitrogens with zero attached hydrogens (tertiary/aromatic N) is 2. The molecule has 2 aromatic heterocycles. The Labute approximate surface area is 130 Å². The van der Waals surface area contributed by atoms with Crippen LogP contribution in [0.4, 0.5) is 0 Å². The molecule has 0 spiro atoms. The van der Waals surface area contributed by atoms with E-state index in [9.17, 15) is 4.79 Å². The van der Waals surface area contributed by atoms with E-state index in [0.717, 1.165) is 15.7 Å². The highest BCUT2D eigenvalue weighted by molar-refractivity contribution is 9.10. The molecule has 0 bridgehead atoms. The minimum Gasteiger partial charge on any atom is -0.462 e. The van der Waals surface area contributed by atoms with Gasteiger partial charge in [0, 0.05) is 22.4 Å². The fourth-order valence-corrected chi connectivity index (χ4v) is 2.62. The number of esters is 1. The maximum Gasteiger partial charge on any atom is 0.341 e. The van der Waals surface area contributed by atoms with E-state index in [1.165, 1.54) is 0 Å². The highest BCUT2D eigenvalue weighted by Gasteiger charge is 2.16. The van der Waals surface area contributed by atoms with Gasteiger partial charge in [-0.1, -0.05) is 30.3 Å². The van der Waals surface area contributed by atoms with Crippen molar-refractivity contribution < 1.29 is 9.53 Å². The van der Waals surface area contributed by atoms with Crippen LogP contribution >= 0.6 is 15.9 Å². The molecular formula is C16H13BrN2O2. The Kier molecular flexibility index (Phi) is 3.75. The third kappa shape index (κ3) is 2.69. The average Bonchev–Trinajstić information content (AvgIpc) is 2.91. The van der Waals surface area contributed by atoms with Crippen molar-refractivity contribution in [2.75, 3.05) is 6.61 Å². The van der Waals surface area contributed by atoms with E-state index in [-0.39, 0.29) is 5.97 Å². The molecule has 0 atom stereocenters. The second-order valence-corrected chi connectivity index (χ2v) is 5.43. The van der Waals surface area contributed by atoms with Crippen LogP contribution in [0.5, 0.6) is 0 Å². The third-order valence-corrected chi connectivity index (χ3v) is 3.52. The van der Waals surface area contributed by atoms with Crippen molar-refractivity contribution in [1.82, 2.24) is 9.38 Å². The van der Waals surface area contributed by atoms with Gasteiger partial charge < -0.3 is 9.14 Å². The molecule has 0 fully saturated rings. The zero-order valence-electron chi connectivity index (χ0n) is 11.4. The number of carbonyl (C=O) groups excluding carboxylic acids is 1. The highest BCUT2D eigenvalue weighted by atomic mass is 79.9. The Balaban J connectivity index is 2.17. The fourth-order valence-electron chi connectivity index (χ4n) is 2.17. The second-order valence-electron chi connectivity index (χ2n) is 4.52. The zero-order valence-corrected chi connectivity index (χ0v) is 13.0. The SMILES string of the molecule is CCOC(=O)c1cc(Br)cn2cc(-c3ccccc3)nc12.